The number of amides is 2. The smallest absolute Gasteiger partial charge is 0.341 e. The van der Waals surface area contributed by atoms with Gasteiger partial charge in [-0.05, 0) is 24.6 Å². The Balaban J connectivity index is 1.66. The largest absolute Gasteiger partial charge is 0.465 e. The van der Waals surface area contributed by atoms with Crippen LogP contribution in [-0.2, 0) is 9.53 Å². The summed E-state index contributed by atoms with van der Waals surface area (Å²) in [6, 6.07) is 10.2. The summed E-state index contributed by atoms with van der Waals surface area (Å²) in [5, 5.41) is 3.17. The van der Waals surface area contributed by atoms with Gasteiger partial charge in [-0.3, -0.25) is 14.5 Å². The van der Waals surface area contributed by atoms with Gasteiger partial charge in [0.25, 0.3) is 5.91 Å². The number of carbonyl (C=O) groups is 3. The van der Waals surface area contributed by atoms with Crippen molar-refractivity contribution in [3.05, 3.63) is 46.3 Å². The van der Waals surface area contributed by atoms with Crippen LogP contribution in [0.2, 0.25) is 0 Å². The van der Waals surface area contributed by atoms with Gasteiger partial charge in [0.1, 0.15) is 5.00 Å². The molecule has 1 aliphatic rings. The summed E-state index contributed by atoms with van der Waals surface area (Å²) in [5.41, 5.74) is 1.93. The third-order valence-electron chi connectivity index (χ3n) is 5.25. The fraction of sp³-hybridized carbons (Fsp3) is 0.409. The van der Waals surface area contributed by atoms with Crippen molar-refractivity contribution in [1.82, 2.24) is 9.80 Å². The van der Waals surface area contributed by atoms with Crippen LogP contribution in [0.3, 0.4) is 0 Å². The summed E-state index contributed by atoms with van der Waals surface area (Å²) in [6.07, 6.45) is 0. The van der Waals surface area contributed by atoms with Crippen LogP contribution in [0.1, 0.15) is 25.6 Å². The Bertz CT molecular complexity index is 950. The molecule has 2 heterocycles. The number of methoxy groups -OCH3 is 1. The number of nitrogens with zero attached hydrogens (tertiary/aromatic N) is 3. The Labute approximate surface area is 186 Å². The van der Waals surface area contributed by atoms with Gasteiger partial charge in [-0.2, -0.15) is 0 Å². The molecule has 1 aromatic carbocycles. The van der Waals surface area contributed by atoms with E-state index >= 15 is 0 Å². The van der Waals surface area contributed by atoms with Gasteiger partial charge >= 0.3 is 5.97 Å². The first-order chi connectivity index (χ1) is 14.8. The van der Waals surface area contributed by atoms with Crippen molar-refractivity contribution in [1.29, 1.82) is 0 Å². The van der Waals surface area contributed by atoms with E-state index in [4.69, 9.17) is 4.74 Å². The number of hydrogen-bond acceptors (Lipinski definition) is 7. The quantitative estimate of drug-likeness (QED) is 0.689. The first-order valence-corrected chi connectivity index (χ1v) is 10.9. The van der Waals surface area contributed by atoms with E-state index in [9.17, 15) is 14.4 Å². The van der Waals surface area contributed by atoms with Crippen molar-refractivity contribution >= 4 is 39.8 Å². The van der Waals surface area contributed by atoms with Gasteiger partial charge in [0, 0.05) is 46.0 Å². The van der Waals surface area contributed by atoms with E-state index < -0.39 is 5.97 Å². The normalized spacial score (nSPS) is 14.3. The van der Waals surface area contributed by atoms with Crippen molar-refractivity contribution in [3.8, 4) is 0 Å². The van der Waals surface area contributed by atoms with E-state index in [1.165, 1.54) is 17.7 Å². The Morgan fingerprint density at radius 3 is 2.32 bits per heavy atom. The second kappa shape index (κ2) is 9.93. The molecule has 8 nitrogen and oxygen atoms in total. The van der Waals surface area contributed by atoms with E-state index in [1.807, 2.05) is 18.2 Å². The highest BCUT2D eigenvalue weighted by Gasteiger charge is 2.27. The summed E-state index contributed by atoms with van der Waals surface area (Å²) in [6.45, 7) is 5.11. The Hall–Kier alpha value is -2.91. The molecule has 9 heteroatoms. The number of benzene rings is 1. The molecule has 0 atom stereocenters. The molecule has 0 saturated carbocycles. The SMILES string of the molecule is COC(=O)c1c(NC(=O)CN2CCN(c3ccccc3)CC2)sc(C(=O)N(C)C)c1C. The number of thiophene rings is 1. The molecule has 0 radical (unpaired) electrons. The minimum atomic E-state index is -0.571. The molecule has 0 bridgehead atoms. The fourth-order valence-electron chi connectivity index (χ4n) is 3.53. The molecule has 2 amide bonds. The molecule has 1 fully saturated rings. The van der Waals surface area contributed by atoms with Crippen molar-refractivity contribution in [2.24, 2.45) is 0 Å². The van der Waals surface area contributed by atoms with Crippen molar-refractivity contribution in [2.45, 2.75) is 6.92 Å². The standard InChI is InChI=1S/C22H28N4O4S/c1-15-18(22(29)30-4)20(31-19(15)21(28)24(2)3)23-17(27)14-25-10-12-26(13-11-25)16-8-6-5-7-9-16/h5-9H,10-14H2,1-4H3,(H,23,27). The van der Waals surface area contributed by atoms with Crippen LogP contribution in [-0.4, -0.2) is 81.5 Å². The molecular formula is C22H28N4O4S. The second-order valence-corrected chi connectivity index (χ2v) is 8.62. The summed E-state index contributed by atoms with van der Waals surface area (Å²) in [7, 11) is 4.57. The first-order valence-electron chi connectivity index (χ1n) is 10.1. The van der Waals surface area contributed by atoms with Gasteiger partial charge in [-0.1, -0.05) is 18.2 Å². The van der Waals surface area contributed by atoms with Crippen LogP contribution >= 0.6 is 11.3 Å². The average Bonchev–Trinajstić information content (AvgIpc) is 3.09. The van der Waals surface area contributed by atoms with Gasteiger partial charge < -0.3 is 19.9 Å². The summed E-state index contributed by atoms with van der Waals surface area (Å²) >= 11 is 1.10. The topological polar surface area (TPSA) is 82.2 Å². The number of hydrogen-bond donors (Lipinski definition) is 1. The predicted octanol–water partition coefficient (Wildman–Crippen LogP) is 2.31. The summed E-state index contributed by atoms with van der Waals surface area (Å²) in [4.78, 5) is 43.7. The number of esters is 1. The zero-order valence-corrected chi connectivity index (χ0v) is 19.1. The minimum absolute atomic E-state index is 0.217. The number of nitrogens with one attached hydrogen (secondary N) is 1. The first kappa shape index (κ1) is 22.8. The number of anilines is 2. The maximum Gasteiger partial charge on any atom is 0.341 e. The molecule has 0 aliphatic carbocycles. The lowest BCUT2D eigenvalue weighted by atomic mass is 10.1. The van der Waals surface area contributed by atoms with Crippen LogP contribution in [0.15, 0.2) is 30.3 Å². The van der Waals surface area contributed by atoms with E-state index in [-0.39, 0.29) is 23.9 Å². The average molecular weight is 445 g/mol. The van der Waals surface area contributed by atoms with Crippen molar-refractivity contribution in [3.63, 3.8) is 0 Å². The highest BCUT2D eigenvalue weighted by atomic mass is 32.1. The lowest BCUT2D eigenvalue weighted by molar-refractivity contribution is -0.117. The number of rotatable bonds is 6. The van der Waals surface area contributed by atoms with Gasteiger partial charge in [-0.15, -0.1) is 11.3 Å². The van der Waals surface area contributed by atoms with Gasteiger partial charge in [0.2, 0.25) is 5.91 Å². The number of para-hydroxylation sites is 1. The summed E-state index contributed by atoms with van der Waals surface area (Å²) in [5.74, 6) is -1.01. The zero-order valence-electron chi connectivity index (χ0n) is 18.3. The lowest BCUT2D eigenvalue weighted by Crippen LogP contribution is -2.48. The maximum absolute atomic E-state index is 12.7. The monoisotopic (exact) mass is 444 g/mol. The van der Waals surface area contributed by atoms with E-state index in [0.29, 0.717) is 15.4 Å². The Kier molecular flexibility index (Phi) is 7.29. The molecule has 2 aromatic rings. The van der Waals surface area contributed by atoms with E-state index in [2.05, 4.69) is 27.2 Å². The molecule has 3 rings (SSSR count). The molecule has 1 aromatic heterocycles. The molecular weight excluding hydrogens is 416 g/mol. The Morgan fingerprint density at radius 1 is 1.10 bits per heavy atom. The van der Waals surface area contributed by atoms with Gasteiger partial charge in [0.05, 0.1) is 24.1 Å². The van der Waals surface area contributed by atoms with Crippen LogP contribution in [0.4, 0.5) is 10.7 Å². The van der Waals surface area contributed by atoms with Gasteiger partial charge in [0.15, 0.2) is 0 Å². The second-order valence-electron chi connectivity index (χ2n) is 7.60. The molecule has 1 N–H and O–H groups in total. The number of ether oxygens (including phenoxy) is 1. The molecule has 0 spiro atoms. The molecule has 31 heavy (non-hydrogen) atoms. The van der Waals surface area contributed by atoms with E-state index in [0.717, 1.165) is 37.5 Å². The van der Waals surface area contributed by atoms with Crippen LogP contribution in [0, 0.1) is 6.92 Å². The highest BCUT2D eigenvalue weighted by molar-refractivity contribution is 7.18. The van der Waals surface area contributed by atoms with Crippen LogP contribution < -0.4 is 10.2 Å². The van der Waals surface area contributed by atoms with Crippen molar-refractivity contribution in [2.75, 3.05) is 64.1 Å². The third-order valence-corrected chi connectivity index (χ3v) is 6.45. The lowest BCUT2D eigenvalue weighted by Gasteiger charge is -2.35. The van der Waals surface area contributed by atoms with Crippen LogP contribution in [0.25, 0.3) is 0 Å². The fourth-order valence-corrected chi connectivity index (χ4v) is 4.76. The highest BCUT2D eigenvalue weighted by Crippen LogP contribution is 2.34. The summed E-state index contributed by atoms with van der Waals surface area (Å²) < 4.78 is 4.87. The van der Waals surface area contributed by atoms with Crippen molar-refractivity contribution < 1.29 is 19.1 Å². The maximum atomic E-state index is 12.7. The molecule has 0 unspecified atom stereocenters. The predicted molar refractivity (Wildman–Crippen MR) is 122 cm³/mol. The number of carbonyl (C=O) groups excluding carboxylic acids is 3. The molecule has 166 valence electrons. The van der Waals surface area contributed by atoms with E-state index in [1.54, 1.807) is 21.0 Å². The van der Waals surface area contributed by atoms with Crippen LogP contribution in [0.5, 0.6) is 0 Å². The zero-order chi connectivity index (χ0) is 22.5. The minimum Gasteiger partial charge on any atom is -0.465 e. The third kappa shape index (κ3) is 5.23. The number of piperazine rings is 1. The Morgan fingerprint density at radius 2 is 1.74 bits per heavy atom. The van der Waals surface area contributed by atoms with Gasteiger partial charge in [-0.25, -0.2) is 4.79 Å². The molecule has 1 aliphatic heterocycles. The molecule has 1 saturated heterocycles.